The number of likely N-dealkylation sites (N-methyl/N-ethyl adjacent to an activating group) is 1. The highest BCUT2D eigenvalue weighted by atomic mass is 32.1. The fourth-order valence-corrected chi connectivity index (χ4v) is 11.0. The van der Waals surface area contributed by atoms with Crippen molar-refractivity contribution in [3.63, 3.8) is 0 Å². The van der Waals surface area contributed by atoms with Crippen LogP contribution in [-0.2, 0) is 24.7 Å². The van der Waals surface area contributed by atoms with E-state index in [-0.39, 0.29) is 12.1 Å². The van der Waals surface area contributed by atoms with Crippen LogP contribution in [0.4, 0.5) is 10.8 Å². The summed E-state index contributed by atoms with van der Waals surface area (Å²) in [5, 5.41) is 33.1. The predicted molar refractivity (Wildman–Crippen MR) is 181 cm³/mol. The van der Waals surface area contributed by atoms with Gasteiger partial charge < -0.3 is 25.2 Å². The highest BCUT2D eigenvalue weighted by Gasteiger charge is 2.49. The summed E-state index contributed by atoms with van der Waals surface area (Å²) in [6.45, 7) is 5.82. The van der Waals surface area contributed by atoms with Gasteiger partial charge in [-0.2, -0.15) is 10.4 Å². The Bertz CT molecular complexity index is 1950. The molecule has 0 bridgehead atoms. The van der Waals surface area contributed by atoms with Gasteiger partial charge in [0.2, 0.25) is 0 Å². The minimum atomic E-state index is -0.798. The maximum atomic E-state index is 11.3. The number of aromatic nitrogens is 5. The third-order valence-electron chi connectivity index (χ3n) is 12.1. The molecular formula is C35H43N9O2S. The SMILES string of the molecule is CC(C1CCCN1C)n1nc2c3c(nc(-c4noc5c4CCCC54CCCc5sc(N)c(C#N)c54)nc31)N1CC(C)(O)CCC1CC2. The van der Waals surface area contributed by atoms with E-state index in [1.807, 2.05) is 6.92 Å². The van der Waals surface area contributed by atoms with Crippen molar-refractivity contribution >= 4 is 33.2 Å². The fourth-order valence-electron chi connectivity index (χ4n) is 9.85. The van der Waals surface area contributed by atoms with E-state index in [1.54, 1.807) is 11.3 Å². The van der Waals surface area contributed by atoms with Gasteiger partial charge in [0.25, 0.3) is 0 Å². The third kappa shape index (κ3) is 4.28. The first-order valence-electron chi connectivity index (χ1n) is 17.5. The van der Waals surface area contributed by atoms with Crippen molar-refractivity contribution in [1.29, 1.82) is 5.26 Å². The van der Waals surface area contributed by atoms with E-state index in [0.717, 1.165) is 117 Å². The molecule has 2 aliphatic carbocycles. The number of nitrogens with zero attached hydrogens (tertiary/aromatic N) is 8. The van der Waals surface area contributed by atoms with Crippen molar-refractivity contribution in [3.8, 4) is 17.6 Å². The van der Waals surface area contributed by atoms with Gasteiger partial charge in [0, 0.05) is 29.1 Å². The first-order valence-corrected chi connectivity index (χ1v) is 18.3. The zero-order valence-electron chi connectivity index (χ0n) is 27.6. The summed E-state index contributed by atoms with van der Waals surface area (Å²) >= 11 is 1.56. The van der Waals surface area contributed by atoms with Crippen molar-refractivity contribution in [2.24, 2.45) is 0 Å². The number of anilines is 2. The Morgan fingerprint density at radius 2 is 1.94 bits per heavy atom. The Balaban J connectivity index is 1.24. The summed E-state index contributed by atoms with van der Waals surface area (Å²) in [4.78, 5) is 16.7. The van der Waals surface area contributed by atoms with Crippen LogP contribution in [0.2, 0.25) is 0 Å². The minimum Gasteiger partial charge on any atom is -0.389 e. The number of hydrogen-bond acceptors (Lipinski definition) is 11. The van der Waals surface area contributed by atoms with Gasteiger partial charge in [0.15, 0.2) is 22.9 Å². The number of aryl methyl sites for hydroxylation is 2. The van der Waals surface area contributed by atoms with Crippen molar-refractivity contribution in [1.82, 2.24) is 29.8 Å². The molecule has 5 atom stereocenters. The molecule has 2 saturated heterocycles. The molecule has 3 aliphatic heterocycles. The maximum absolute atomic E-state index is 11.3. The van der Waals surface area contributed by atoms with E-state index in [4.69, 9.17) is 30.5 Å². The summed E-state index contributed by atoms with van der Waals surface area (Å²) in [5.41, 5.74) is 10.5. The van der Waals surface area contributed by atoms with Crippen molar-refractivity contribution in [2.75, 3.05) is 30.8 Å². The number of hydrogen-bond donors (Lipinski definition) is 2. The maximum Gasteiger partial charge on any atom is 0.186 e. The first-order chi connectivity index (χ1) is 22.7. The lowest BCUT2D eigenvalue weighted by Gasteiger charge is -2.43. The van der Waals surface area contributed by atoms with Crippen LogP contribution in [-0.4, -0.2) is 72.7 Å². The molecule has 0 amide bonds. The topological polar surface area (TPSA) is 146 Å². The largest absolute Gasteiger partial charge is 0.389 e. The van der Waals surface area contributed by atoms with E-state index in [1.165, 1.54) is 11.3 Å². The molecule has 4 aromatic heterocycles. The van der Waals surface area contributed by atoms with E-state index in [2.05, 4.69) is 34.5 Å². The lowest BCUT2D eigenvalue weighted by atomic mass is 9.63. The minimum absolute atomic E-state index is 0.137. The van der Waals surface area contributed by atoms with E-state index >= 15 is 0 Å². The molecule has 9 rings (SSSR count). The monoisotopic (exact) mass is 653 g/mol. The number of rotatable bonds is 3. The highest BCUT2D eigenvalue weighted by Crippen LogP contribution is 2.55. The van der Waals surface area contributed by atoms with Gasteiger partial charge in [-0.3, -0.25) is 0 Å². The van der Waals surface area contributed by atoms with Gasteiger partial charge in [-0.15, -0.1) is 11.3 Å². The highest BCUT2D eigenvalue weighted by molar-refractivity contribution is 7.16. The first kappa shape index (κ1) is 29.6. The molecule has 12 heteroatoms. The van der Waals surface area contributed by atoms with Crippen LogP contribution >= 0.6 is 11.3 Å². The Labute approximate surface area is 278 Å². The molecule has 0 saturated carbocycles. The standard InChI is InChI=1S/C35H43N9O2S/c1-19(24-8-6-16-42(24)3)44-33-26-23(40-44)11-10-20-12-15-34(2,45)18-43(20)32(26)38-31(39-33)28-21-7-4-13-35(29(21)46-41-28)14-5-9-25-27(35)22(17-36)30(37)47-25/h19-20,24,45H,4-16,18,37H2,1-3H3. The Morgan fingerprint density at radius 3 is 2.72 bits per heavy atom. The lowest BCUT2D eigenvalue weighted by molar-refractivity contribution is 0.0357. The van der Waals surface area contributed by atoms with Crippen LogP contribution in [0, 0.1) is 11.3 Å². The number of nitriles is 1. The van der Waals surface area contributed by atoms with Crippen molar-refractivity contribution in [3.05, 3.63) is 33.0 Å². The van der Waals surface area contributed by atoms with Gasteiger partial charge in [0.05, 0.1) is 33.7 Å². The third-order valence-corrected chi connectivity index (χ3v) is 13.2. The van der Waals surface area contributed by atoms with Crippen LogP contribution < -0.4 is 10.6 Å². The quantitative estimate of drug-likeness (QED) is 0.300. The lowest BCUT2D eigenvalue weighted by Crippen LogP contribution is -2.51. The number of fused-ring (bicyclic) bond motifs is 6. The molecule has 47 heavy (non-hydrogen) atoms. The van der Waals surface area contributed by atoms with Crippen LogP contribution in [0.1, 0.15) is 111 Å². The van der Waals surface area contributed by atoms with E-state index in [9.17, 15) is 10.4 Å². The molecule has 3 N–H and O–H groups in total. The zero-order chi connectivity index (χ0) is 32.2. The van der Waals surface area contributed by atoms with Gasteiger partial charge in [-0.05, 0) is 110 Å². The molecule has 0 aromatic carbocycles. The summed E-state index contributed by atoms with van der Waals surface area (Å²) in [5.74, 6) is 2.28. The van der Waals surface area contributed by atoms with Crippen LogP contribution in [0.5, 0.6) is 0 Å². The van der Waals surface area contributed by atoms with Crippen molar-refractivity contribution in [2.45, 2.75) is 120 Å². The van der Waals surface area contributed by atoms with E-state index < -0.39 is 11.0 Å². The smallest absolute Gasteiger partial charge is 0.186 e. The number of nitrogens with two attached hydrogens (primary N) is 1. The number of nitrogen functional groups attached to an aromatic ring is 1. The molecule has 4 aromatic rings. The summed E-state index contributed by atoms with van der Waals surface area (Å²) in [6.07, 6.45) is 11.4. The van der Waals surface area contributed by atoms with Gasteiger partial charge >= 0.3 is 0 Å². The van der Waals surface area contributed by atoms with Gasteiger partial charge in [0.1, 0.15) is 16.9 Å². The molecule has 2 fully saturated rings. The van der Waals surface area contributed by atoms with E-state index in [0.29, 0.717) is 34.7 Å². The molecule has 11 nitrogen and oxygen atoms in total. The fraction of sp³-hybridized carbons (Fsp3) is 0.629. The average Bonchev–Trinajstić information content (AvgIpc) is 3.82. The summed E-state index contributed by atoms with van der Waals surface area (Å²) in [6, 6.07) is 3.23. The van der Waals surface area contributed by atoms with Crippen LogP contribution in [0.15, 0.2) is 4.52 Å². The molecule has 5 unspecified atom stereocenters. The van der Waals surface area contributed by atoms with Crippen molar-refractivity contribution < 1.29 is 9.63 Å². The zero-order valence-corrected chi connectivity index (χ0v) is 28.4. The summed E-state index contributed by atoms with van der Waals surface area (Å²) < 4.78 is 8.54. The number of thiophene rings is 1. The average molecular weight is 654 g/mol. The van der Waals surface area contributed by atoms with Crippen LogP contribution in [0.3, 0.4) is 0 Å². The second kappa shape index (κ2) is 10.5. The number of piperidine rings is 1. The molecule has 246 valence electrons. The Hall–Kier alpha value is -3.53. The molecule has 5 aliphatic rings. The van der Waals surface area contributed by atoms with Crippen LogP contribution in [0.25, 0.3) is 22.6 Å². The van der Waals surface area contributed by atoms with Gasteiger partial charge in [-0.25, -0.2) is 14.6 Å². The molecule has 7 heterocycles. The molecule has 0 radical (unpaired) electrons. The molecular weight excluding hydrogens is 611 g/mol. The second-order valence-electron chi connectivity index (χ2n) is 15.1. The molecule has 1 spiro atoms. The number of aliphatic hydroxyl groups is 1. The normalized spacial score (nSPS) is 29.4. The number of likely N-dealkylation sites (tertiary alicyclic amines) is 1. The van der Waals surface area contributed by atoms with Gasteiger partial charge in [-0.1, -0.05) is 5.16 Å². The Kier molecular flexibility index (Phi) is 6.60. The predicted octanol–water partition coefficient (Wildman–Crippen LogP) is 5.28. The summed E-state index contributed by atoms with van der Waals surface area (Å²) in [7, 11) is 2.21. The Morgan fingerprint density at radius 1 is 1.11 bits per heavy atom. The second-order valence-corrected chi connectivity index (χ2v) is 16.3.